The van der Waals surface area contributed by atoms with Gasteiger partial charge in [0.25, 0.3) is 0 Å². The number of allylic oxidation sites excluding steroid dienone is 7. The average Bonchev–Trinajstić information content (AvgIpc) is 2.72. The largest absolute Gasteiger partial charge is 0.0622 e. The van der Waals surface area contributed by atoms with E-state index in [0.29, 0.717) is 0 Å². The summed E-state index contributed by atoms with van der Waals surface area (Å²) in [6.45, 7) is 6.82. The van der Waals surface area contributed by atoms with Crippen LogP contribution < -0.4 is 0 Å². The van der Waals surface area contributed by atoms with Crippen LogP contribution in [-0.4, -0.2) is 0 Å². The van der Waals surface area contributed by atoms with Crippen molar-refractivity contribution < 1.29 is 0 Å². The van der Waals surface area contributed by atoms with E-state index in [9.17, 15) is 0 Å². The molecular formula is C24H21Br. The van der Waals surface area contributed by atoms with Gasteiger partial charge in [0.05, 0.1) is 0 Å². The summed E-state index contributed by atoms with van der Waals surface area (Å²) in [5.74, 6) is 0. The summed E-state index contributed by atoms with van der Waals surface area (Å²) in [5.41, 5.74) is 9.39. The van der Waals surface area contributed by atoms with Gasteiger partial charge in [-0.05, 0) is 62.6 Å². The Labute approximate surface area is 158 Å². The Morgan fingerprint density at radius 2 is 1.28 bits per heavy atom. The Bertz CT molecular complexity index is 958. The molecule has 0 heterocycles. The van der Waals surface area contributed by atoms with E-state index in [1.807, 2.05) is 0 Å². The van der Waals surface area contributed by atoms with Gasteiger partial charge in [-0.15, -0.1) is 0 Å². The highest BCUT2D eigenvalue weighted by Gasteiger charge is 2.27. The maximum absolute atomic E-state index is 3.65. The third kappa shape index (κ3) is 2.87. The highest BCUT2D eigenvalue weighted by Crippen LogP contribution is 2.48. The molecule has 2 aromatic rings. The van der Waals surface area contributed by atoms with E-state index in [0.717, 1.165) is 4.47 Å². The topological polar surface area (TPSA) is 0 Å². The monoisotopic (exact) mass is 388 g/mol. The fourth-order valence-electron chi connectivity index (χ4n) is 3.54. The minimum absolute atomic E-state index is 0.136. The lowest BCUT2D eigenvalue weighted by molar-refractivity contribution is 0.590. The number of rotatable bonds is 0. The van der Waals surface area contributed by atoms with Crippen LogP contribution >= 0.6 is 15.9 Å². The van der Waals surface area contributed by atoms with Gasteiger partial charge in [-0.25, -0.2) is 0 Å². The Kier molecular flexibility index (Phi) is 3.92. The van der Waals surface area contributed by atoms with Crippen LogP contribution in [0.1, 0.15) is 37.5 Å². The second-order valence-electron chi connectivity index (χ2n) is 7.63. The third-order valence-electron chi connectivity index (χ3n) is 4.87. The first kappa shape index (κ1) is 16.4. The molecule has 0 atom stereocenters. The van der Waals surface area contributed by atoms with Crippen molar-refractivity contribution in [1.82, 2.24) is 0 Å². The Balaban J connectivity index is 2.05. The van der Waals surface area contributed by atoms with Gasteiger partial charge in [-0.1, -0.05) is 91.4 Å². The van der Waals surface area contributed by atoms with Crippen molar-refractivity contribution in [2.75, 3.05) is 0 Å². The molecule has 0 N–H and O–H groups in total. The minimum atomic E-state index is 0.136. The molecule has 0 amide bonds. The maximum atomic E-state index is 3.65. The molecule has 1 heteroatoms. The molecule has 2 aliphatic rings. The molecule has 2 aliphatic carbocycles. The fourth-order valence-corrected chi connectivity index (χ4v) is 3.90. The summed E-state index contributed by atoms with van der Waals surface area (Å²) in [5, 5.41) is 0. The zero-order valence-electron chi connectivity index (χ0n) is 14.8. The summed E-state index contributed by atoms with van der Waals surface area (Å²) in [7, 11) is 0. The normalized spacial score (nSPS) is 15.4. The summed E-state index contributed by atoms with van der Waals surface area (Å²) in [4.78, 5) is 0. The van der Waals surface area contributed by atoms with Crippen molar-refractivity contribution in [1.29, 1.82) is 0 Å². The number of benzene rings is 2. The summed E-state index contributed by atoms with van der Waals surface area (Å²) in [6, 6.07) is 13.6. The average molecular weight is 389 g/mol. The van der Waals surface area contributed by atoms with Crippen LogP contribution in [0.25, 0.3) is 16.7 Å². The second kappa shape index (κ2) is 6.00. The first-order valence-electron chi connectivity index (χ1n) is 8.66. The fraction of sp³-hybridized carbons (Fsp3) is 0.167. The Hall–Kier alpha value is -2.12. The molecule has 0 radical (unpaired) electrons. The SMILES string of the molecule is CC(C)(C)c1ccc2c(c1)C(=C1C=CC=CC=C1)c1cc(Br)ccc1-2. The van der Waals surface area contributed by atoms with Gasteiger partial charge in [0.2, 0.25) is 0 Å². The standard InChI is InChI=1S/C24H21Br/c1-24(2,3)17-10-12-19-20-13-11-18(25)15-22(20)23(21(19)14-17)16-8-6-4-5-7-9-16/h4-15H,1-3H3. The molecule has 0 saturated carbocycles. The molecule has 0 saturated heterocycles. The first-order valence-corrected chi connectivity index (χ1v) is 9.45. The quantitative estimate of drug-likeness (QED) is 0.381. The molecular weight excluding hydrogens is 368 g/mol. The van der Waals surface area contributed by atoms with Gasteiger partial charge >= 0.3 is 0 Å². The van der Waals surface area contributed by atoms with Gasteiger partial charge in [-0.2, -0.15) is 0 Å². The van der Waals surface area contributed by atoms with E-state index in [4.69, 9.17) is 0 Å². The van der Waals surface area contributed by atoms with Crippen LogP contribution in [0.15, 0.2) is 82.9 Å². The third-order valence-corrected chi connectivity index (χ3v) is 5.36. The van der Waals surface area contributed by atoms with Crippen molar-refractivity contribution in [2.24, 2.45) is 0 Å². The van der Waals surface area contributed by atoms with Crippen LogP contribution in [0.3, 0.4) is 0 Å². The molecule has 0 fully saturated rings. The zero-order valence-corrected chi connectivity index (χ0v) is 16.4. The minimum Gasteiger partial charge on any atom is -0.0622 e. The Morgan fingerprint density at radius 1 is 0.680 bits per heavy atom. The Morgan fingerprint density at radius 3 is 1.92 bits per heavy atom. The number of halogens is 1. The molecule has 0 bridgehead atoms. The molecule has 0 aliphatic heterocycles. The summed E-state index contributed by atoms with van der Waals surface area (Å²) in [6.07, 6.45) is 12.8. The van der Waals surface area contributed by atoms with Gasteiger partial charge in [-0.3, -0.25) is 0 Å². The van der Waals surface area contributed by atoms with Crippen molar-refractivity contribution in [3.8, 4) is 11.1 Å². The van der Waals surface area contributed by atoms with Crippen molar-refractivity contribution >= 4 is 21.5 Å². The first-order chi connectivity index (χ1) is 11.9. The van der Waals surface area contributed by atoms with E-state index >= 15 is 0 Å². The van der Waals surface area contributed by atoms with E-state index in [1.165, 1.54) is 39.0 Å². The summed E-state index contributed by atoms with van der Waals surface area (Å²) >= 11 is 3.65. The second-order valence-corrected chi connectivity index (χ2v) is 8.55. The van der Waals surface area contributed by atoms with Crippen molar-refractivity contribution in [2.45, 2.75) is 26.2 Å². The maximum Gasteiger partial charge on any atom is 0.0181 e. The molecule has 124 valence electrons. The lowest BCUT2D eigenvalue weighted by Gasteiger charge is -2.20. The molecule has 0 unspecified atom stereocenters. The van der Waals surface area contributed by atoms with E-state index in [-0.39, 0.29) is 5.41 Å². The van der Waals surface area contributed by atoms with E-state index in [2.05, 4.69) is 110 Å². The van der Waals surface area contributed by atoms with Crippen LogP contribution in [0.4, 0.5) is 0 Å². The number of hydrogen-bond donors (Lipinski definition) is 0. The van der Waals surface area contributed by atoms with Gasteiger partial charge in [0.1, 0.15) is 0 Å². The van der Waals surface area contributed by atoms with Gasteiger partial charge in [0.15, 0.2) is 0 Å². The smallest absolute Gasteiger partial charge is 0.0181 e. The highest BCUT2D eigenvalue weighted by molar-refractivity contribution is 9.10. The lowest BCUT2D eigenvalue weighted by Crippen LogP contribution is -2.11. The number of fused-ring (bicyclic) bond motifs is 3. The van der Waals surface area contributed by atoms with Gasteiger partial charge in [0, 0.05) is 4.47 Å². The van der Waals surface area contributed by atoms with Crippen molar-refractivity contribution in [3.05, 3.63) is 99.6 Å². The van der Waals surface area contributed by atoms with Crippen LogP contribution in [-0.2, 0) is 5.41 Å². The molecule has 0 spiro atoms. The van der Waals surface area contributed by atoms with Crippen molar-refractivity contribution in [3.63, 3.8) is 0 Å². The zero-order chi connectivity index (χ0) is 17.6. The van der Waals surface area contributed by atoms with E-state index < -0.39 is 0 Å². The lowest BCUT2D eigenvalue weighted by atomic mass is 9.84. The molecule has 0 nitrogen and oxygen atoms in total. The van der Waals surface area contributed by atoms with Crippen LogP contribution in [0.2, 0.25) is 0 Å². The molecule has 25 heavy (non-hydrogen) atoms. The van der Waals surface area contributed by atoms with Crippen LogP contribution in [0.5, 0.6) is 0 Å². The highest BCUT2D eigenvalue weighted by atomic mass is 79.9. The van der Waals surface area contributed by atoms with Gasteiger partial charge < -0.3 is 0 Å². The van der Waals surface area contributed by atoms with E-state index in [1.54, 1.807) is 0 Å². The summed E-state index contributed by atoms with van der Waals surface area (Å²) < 4.78 is 1.12. The molecule has 2 aromatic carbocycles. The number of hydrogen-bond acceptors (Lipinski definition) is 0. The predicted octanol–water partition coefficient (Wildman–Crippen LogP) is 7.21. The molecule has 4 rings (SSSR count). The van der Waals surface area contributed by atoms with Crippen LogP contribution in [0, 0.1) is 0 Å². The molecule has 0 aromatic heterocycles. The predicted molar refractivity (Wildman–Crippen MR) is 112 cm³/mol.